The van der Waals surface area contributed by atoms with E-state index in [4.69, 9.17) is 0 Å². The maximum Gasteiger partial charge on any atom is 0.417 e. The second-order valence-corrected chi connectivity index (χ2v) is 7.39. The Labute approximate surface area is 156 Å². The summed E-state index contributed by atoms with van der Waals surface area (Å²) in [6.45, 7) is 0.801. The lowest BCUT2D eigenvalue weighted by Gasteiger charge is -2.45. The fourth-order valence-electron chi connectivity index (χ4n) is 4.39. The van der Waals surface area contributed by atoms with E-state index in [1.807, 2.05) is 24.3 Å². The molecule has 2 unspecified atom stereocenters. The van der Waals surface area contributed by atoms with E-state index in [0.29, 0.717) is 18.1 Å². The van der Waals surface area contributed by atoms with Crippen LogP contribution in [0, 0.1) is 5.82 Å². The predicted octanol–water partition coefficient (Wildman–Crippen LogP) is 6.05. The minimum atomic E-state index is -4.56. The van der Waals surface area contributed by atoms with Gasteiger partial charge in [0.15, 0.2) is 0 Å². The fourth-order valence-corrected chi connectivity index (χ4v) is 4.39. The molecular formula is C22H21F4N. The zero-order chi connectivity index (χ0) is 19.0. The molecule has 1 nitrogen and oxygen atoms in total. The van der Waals surface area contributed by atoms with Gasteiger partial charge in [0.25, 0.3) is 0 Å². The Morgan fingerprint density at radius 2 is 1.78 bits per heavy atom. The van der Waals surface area contributed by atoms with Crippen molar-refractivity contribution in [3.8, 4) is 0 Å². The van der Waals surface area contributed by atoms with Crippen molar-refractivity contribution in [2.75, 3.05) is 0 Å². The van der Waals surface area contributed by atoms with Gasteiger partial charge in [0, 0.05) is 18.6 Å². The predicted molar refractivity (Wildman–Crippen MR) is 97.4 cm³/mol. The SMILES string of the molecule is Fc1ccc(C2=CC3CCCC(C2)N3Cc2ccccc2)c(C(F)(F)F)c1. The molecule has 2 aromatic rings. The molecule has 4 rings (SSSR count). The van der Waals surface area contributed by atoms with Gasteiger partial charge in [-0.2, -0.15) is 13.2 Å². The van der Waals surface area contributed by atoms with Gasteiger partial charge in [0.2, 0.25) is 0 Å². The third kappa shape index (κ3) is 3.79. The van der Waals surface area contributed by atoms with Crippen LogP contribution >= 0.6 is 0 Å². The van der Waals surface area contributed by atoms with Crippen molar-refractivity contribution in [1.29, 1.82) is 0 Å². The van der Waals surface area contributed by atoms with Gasteiger partial charge in [-0.05, 0) is 48.1 Å². The van der Waals surface area contributed by atoms with E-state index in [-0.39, 0.29) is 17.6 Å². The average Bonchev–Trinajstić information content (AvgIpc) is 2.62. The molecular weight excluding hydrogens is 354 g/mol. The number of halogens is 4. The van der Waals surface area contributed by atoms with Crippen LogP contribution in [0.5, 0.6) is 0 Å². The van der Waals surface area contributed by atoms with E-state index in [2.05, 4.69) is 17.0 Å². The minimum Gasteiger partial charge on any atom is -0.289 e. The van der Waals surface area contributed by atoms with Crippen LogP contribution < -0.4 is 0 Å². The molecule has 2 aromatic carbocycles. The van der Waals surface area contributed by atoms with E-state index in [9.17, 15) is 17.6 Å². The average molecular weight is 375 g/mol. The second-order valence-electron chi connectivity index (χ2n) is 7.39. The Morgan fingerprint density at radius 1 is 1.00 bits per heavy atom. The molecule has 0 radical (unpaired) electrons. The molecule has 2 aliphatic heterocycles. The zero-order valence-electron chi connectivity index (χ0n) is 14.8. The van der Waals surface area contributed by atoms with Crippen molar-refractivity contribution in [2.45, 2.75) is 50.5 Å². The van der Waals surface area contributed by atoms with Crippen molar-refractivity contribution < 1.29 is 17.6 Å². The fraction of sp³-hybridized carbons (Fsp3) is 0.364. The van der Waals surface area contributed by atoms with Crippen LogP contribution in [-0.2, 0) is 12.7 Å². The first kappa shape index (κ1) is 18.2. The second kappa shape index (κ2) is 7.12. The molecule has 142 valence electrons. The maximum absolute atomic E-state index is 13.5. The summed E-state index contributed by atoms with van der Waals surface area (Å²) in [6, 6.07) is 13.5. The molecule has 0 aromatic heterocycles. The number of alkyl halides is 3. The molecule has 0 N–H and O–H groups in total. The van der Waals surface area contributed by atoms with Gasteiger partial charge >= 0.3 is 6.18 Å². The van der Waals surface area contributed by atoms with Gasteiger partial charge in [0.05, 0.1) is 5.56 Å². The van der Waals surface area contributed by atoms with Crippen LogP contribution in [-0.4, -0.2) is 17.0 Å². The van der Waals surface area contributed by atoms with Gasteiger partial charge in [-0.3, -0.25) is 4.90 Å². The molecule has 5 heteroatoms. The molecule has 2 aliphatic rings. The lowest BCUT2D eigenvalue weighted by molar-refractivity contribution is -0.138. The number of benzene rings is 2. The monoisotopic (exact) mass is 375 g/mol. The number of hydrogen-bond donors (Lipinski definition) is 0. The number of nitrogens with zero attached hydrogens (tertiary/aromatic N) is 1. The largest absolute Gasteiger partial charge is 0.417 e. The molecule has 0 spiro atoms. The van der Waals surface area contributed by atoms with E-state index < -0.39 is 17.6 Å². The van der Waals surface area contributed by atoms with Gasteiger partial charge < -0.3 is 0 Å². The standard InChI is InChI=1S/C22H21F4N/c23-17-9-10-20(21(13-17)22(24,25)26)16-11-18-7-4-8-19(12-16)27(18)14-15-5-2-1-3-6-15/h1-3,5-6,9-11,13,18-19H,4,7-8,12,14H2. The number of fused-ring (bicyclic) bond motifs is 2. The third-order valence-electron chi connectivity index (χ3n) is 5.62. The molecule has 27 heavy (non-hydrogen) atoms. The Hall–Kier alpha value is -2.14. The molecule has 2 heterocycles. The highest BCUT2D eigenvalue weighted by Gasteiger charge is 2.38. The van der Waals surface area contributed by atoms with Crippen molar-refractivity contribution >= 4 is 5.57 Å². The van der Waals surface area contributed by atoms with E-state index in [1.54, 1.807) is 0 Å². The molecule has 0 aliphatic carbocycles. The highest BCUT2D eigenvalue weighted by atomic mass is 19.4. The first-order valence-corrected chi connectivity index (χ1v) is 9.29. The van der Waals surface area contributed by atoms with E-state index >= 15 is 0 Å². The topological polar surface area (TPSA) is 3.24 Å². The molecule has 2 atom stereocenters. The first-order chi connectivity index (χ1) is 12.9. The Balaban J connectivity index is 1.67. The molecule has 0 saturated carbocycles. The summed E-state index contributed by atoms with van der Waals surface area (Å²) in [5, 5.41) is 0. The molecule has 1 fully saturated rings. The Bertz CT molecular complexity index is 841. The van der Waals surface area contributed by atoms with Crippen LogP contribution in [0.25, 0.3) is 5.57 Å². The van der Waals surface area contributed by atoms with Crippen molar-refractivity contribution in [2.24, 2.45) is 0 Å². The Morgan fingerprint density at radius 3 is 2.48 bits per heavy atom. The summed E-state index contributed by atoms with van der Waals surface area (Å²) >= 11 is 0. The van der Waals surface area contributed by atoms with Gasteiger partial charge in [0.1, 0.15) is 5.82 Å². The molecule has 0 amide bonds. The summed E-state index contributed by atoms with van der Waals surface area (Å²) in [5.41, 5.74) is 1.16. The summed E-state index contributed by atoms with van der Waals surface area (Å²) in [6.07, 6.45) is 0.978. The molecule has 1 saturated heterocycles. The van der Waals surface area contributed by atoms with Crippen LogP contribution in [0.15, 0.2) is 54.6 Å². The highest BCUT2D eigenvalue weighted by Crippen LogP contribution is 2.42. The molecule has 2 bridgehead atoms. The quantitative estimate of drug-likeness (QED) is 0.590. The smallest absolute Gasteiger partial charge is 0.289 e. The lowest BCUT2D eigenvalue weighted by atomic mass is 9.81. The normalized spacial score (nSPS) is 23.2. The van der Waals surface area contributed by atoms with E-state index in [1.165, 1.54) is 11.6 Å². The van der Waals surface area contributed by atoms with Gasteiger partial charge in [-0.1, -0.05) is 48.9 Å². The van der Waals surface area contributed by atoms with Crippen molar-refractivity contribution in [3.63, 3.8) is 0 Å². The highest BCUT2D eigenvalue weighted by molar-refractivity contribution is 5.71. The van der Waals surface area contributed by atoms with Crippen LogP contribution in [0.1, 0.15) is 42.4 Å². The third-order valence-corrected chi connectivity index (χ3v) is 5.62. The Kier molecular flexibility index (Phi) is 4.81. The van der Waals surface area contributed by atoms with Crippen molar-refractivity contribution in [3.05, 3.63) is 77.1 Å². The van der Waals surface area contributed by atoms with Crippen LogP contribution in [0.4, 0.5) is 17.6 Å². The van der Waals surface area contributed by atoms with Gasteiger partial charge in [-0.25, -0.2) is 4.39 Å². The van der Waals surface area contributed by atoms with E-state index in [0.717, 1.165) is 31.9 Å². The lowest BCUT2D eigenvalue weighted by Crippen LogP contribution is -2.47. The van der Waals surface area contributed by atoms with Crippen LogP contribution in [0.3, 0.4) is 0 Å². The maximum atomic E-state index is 13.5. The zero-order valence-corrected chi connectivity index (χ0v) is 14.8. The number of piperidine rings is 1. The van der Waals surface area contributed by atoms with Crippen molar-refractivity contribution in [1.82, 2.24) is 4.90 Å². The first-order valence-electron chi connectivity index (χ1n) is 9.29. The minimum absolute atomic E-state index is 0.124. The summed E-state index contributed by atoms with van der Waals surface area (Å²) < 4.78 is 53.8. The summed E-state index contributed by atoms with van der Waals surface area (Å²) in [5.74, 6) is -0.853. The number of rotatable bonds is 3. The van der Waals surface area contributed by atoms with Gasteiger partial charge in [-0.15, -0.1) is 0 Å². The van der Waals surface area contributed by atoms with Crippen LogP contribution in [0.2, 0.25) is 0 Å². The summed E-state index contributed by atoms with van der Waals surface area (Å²) in [4.78, 5) is 2.40. The summed E-state index contributed by atoms with van der Waals surface area (Å²) in [7, 11) is 0. The number of hydrogen-bond acceptors (Lipinski definition) is 1.